The van der Waals surface area contributed by atoms with Crippen LogP contribution in [0.1, 0.15) is 34.5 Å². The van der Waals surface area contributed by atoms with Gasteiger partial charge in [-0.3, -0.25) is 9.89 Å². The number of hydrogen-bond acceptors (Lipinski definition) is 3. The van der Waals surface area contributed by atoms with Crippen LogP contribution in [0, 0.1) is 11.6 Å². The Morgan fingerprint density at radius 3 is 2.96 bits per heavy atom. The van der Waals surface area contributed by atoms with Gasteiger partial charge in [-0.25, -0.2) is 8.78 Å². The largest absolute Gasteiger partial charge is 0.376 e. The minimum absolute atomic E-state index is 0.0190. The number of aromatic amines is 1. The topological polar surface area (TPSA) is 67.0 Å². The molecule has 0 bridgehead atoms. The molecule has 2 heterocycles. The highest BCUT2D eigenvalue weighted by molar-refractivity contribution is 6.00. The fraction of sp³-hybridized carbons (Fsp3) is 0.238. The van der Waals surface area contributed by atoms with E-state index in [1.807, 2.05) is 0 Å². The number of carbonyl (C=O) groups is 1. The monoisotopic (exact) mass is 383 g/mol. The second kappa shape index (κ2) is 7.90. The van der Waals surface area contributed by atoms with Gasteiger partial charge in [-0.15, -0.1) is 0 Å². The molecule has 0 radical (unpaired) electrons. The Hall–Kier alpha value is -3.06. The molecule has 2 aromatic carbocycles. The number of ether oxygens (including phenoxy) is 1. The van der Waals surface area contributed by atoms with Crippen molar-refractivity contribution in [1.29, 1.82) is 0 Å². The molecule has 28 heavy (non-hydrogen) atoms. The second-order valence-corrected chi connectivity index (χ2v) is 6.72. The van der Waals surface area contributed by atoms with Crippen LogP contribution in [-0.4, -0.2) is 35.4 Å². The van der Waals surface area contributed by atoms with Gasteiger partial charge >= 0.3 is 0 Å². The summed E-state index contributed by atoms with van der Waals surface area (Å²) in [5.41, 5.74) is 1.64. The maximum absolute atomic E-state index is 14.4. The molecule has 4 rings (SSSR count). The van der Waals surface area contributed by atoms with Gasteiger partial charge in [0.1, 0.15) is 11.6 Å². The third-order valence-corrected chi connectivity index (χ3v) is 4.72. The normalized spacial score (nSPS) is 16.9. The van der Waals surface area contributed by atoms with E-state index < -0.39 is 11.7 Å². The molecular weight excluding hydrogens is 364 g/mol. The zero-order valence-corrected chi connectivity index (χ0v) is 15.0. The van der Waals surface area contributed by atoms with Crippen LogP contribution in [-0.2, 0) is 4.74 Å². The lowest BCUT2D eigenvalue weighted by Crippen LogP contribution is -2.32. The fourth-order valence-electron chi connectivity index (χ4n) is 3.25. The lowest BCUT2D eigenvalue weighted by molar-refractivity contribution is 0.0854. The quantitative estimate of drug-likeness (QED) is 0.702. The van der Waals surface area contributed by atoms with Crippen LogP contribution in [0.4, 0.5) is 8.78 Å². The number of amides is 1. The predicted molar refractivity (Wildman–Crippen MR) is 103 cm³/mol. The fourth-order valence-corrected chi connectivity index (χ4v) is 3.25. The number of hydrogen-bond donors (Lipinski definition) is 2. The zero-order valence-electron chi connectivity index (χ0n) is 15.0. The van der Waals surface area contributed by atoms with Gasteiger partial charge in [0, 0.05) is 24.6 Å². The minimum atomic E-state index is -0.623. The van der Waals surface area contributed by atoms with E-state index in [4.69, 9.17) is 4.74 Å². The van der Waals surface area contributed by atoms with Crippen molar-refractivity contribution >= 4 is 29.0 Å². The maximum Gasteiger partial charge on any atom is 0.254 e. The summed E-state index contributed by atoms with van der Waals surface area (Å²) in [5.74, 6) is -1.45. The SMILES string of the molecule is O=C(NCC1CCCO1)c1cc2c(C=Cc3cccc(F)c3)n[nH]c2cc1F. The Morgan fingerprint density at radius 2 is 2.18 bits per heavy atom. The van der Waals surface area contributed by atoms with Crippen LogP contribution in [0.15, 0.2) is 36.4 Å². The molecule has 2 N–H and O–H groups in total. The van der Waals surface area contributed by atoms with E-state index in [1.54, 1.807) is 24.3 Å². The van der Waals surface area contributed by atoms with Crippen LogP contribution < -0.4 is 5.32 Å². The van der Waals surface area contributed by atoms with Crippen molar-refractivity contribution in [1.82, 2.24) is 15.5 Å². The summed E-state index contributed by atoms with van der Waals surface area (Å²) in [5, 5.41) is 10.2. The van der Waals surface area contributed by atoms with E-state index in [9.17, 15) is 13.6 Å². The van der Waals surface area contributed by atoms with Gasteiger partial charge in [-0.2, -0.15) is 5.10 Å². The zero-order chi connectivity index (χ0) is 19.5. The van der Waals surface area contributed by atoms with Crippen LogP contribution in [0.25, 0.3) is 23.1 Å². The van der Waals surface area contributed by atoms with Crippen LogP contribution in [0.2, 0.25) is 0 Å². The molecule has 5 nitrogen and oxygen atoms in total. The number of benzene rings is 2. The summed E-state index contributed by atoms with van der Waals surface area (Å²) in [6, 6.07) is 8.87. The second-order valence-electron chi connectivity index (χ2n) is 6.72. The Labute approximate surface area is 160 Å². The first-order valence-corrected chi connectivity index (χ1v) is 9.11. The Morgan fingerprint density at radius 1 is 1.29 bits per heavy atom. The molecule has 144 valence electrons. The number of rotatable bonds is 5. The first kappa shape index (κ1) is 18.3. The van der Waals surface area contributed by atoms with Crippen LogP contribution in [0.5, 0.6) is 0 Å². The van der Waals surface area contributed by atoms with Crippen LogP contribution >= 0.6 is 0 Å². The van der Waals surface area contributed by atoms with E-state index in [-0.39, 0.29) is 17.5 Å². The number of nitrogens with one attached hydrogen (secondary N) is 2. The third-order valence-electron chi connectivity index (χ3n) is 4.72. The summed E-state index contributed by atoms with van der Waals surface area (Å²) in [6.45, 7) is 1.05. The summed E-state index contributed by atoms with van der Waals surface area (Å²) in [6.07, 6.45) is 5.24. The molecule has 1 aliphatic rings. The van der Waals surface area contributed by atoms with E-state index in [0.717, 1.165) is 12.8 Å². The average Bonchev–Trinajstić information content (AvgIpc) is 3.33. The van der Waals surface area contributed by atoms with Crippen molar-refractivity contribution in [3.8, 4) is 0 Å². The van der Waals surface area contributed by atoms with E-state index in [0.29, 0.717) is 35.3 Å². The predicted octanol–water partition coefficient (Wildman–Crippen LogP) is 3.92. The van der Waals surface area contributed by atoms with Crippen LogP contribution in [0.3, 0.4) is 0 Å². The maximum atomic E-state index is 14.4. The van der Waals surface area contributed by atoms with Crippen molar-refractivity contribution < 1.29 is 18.3 Å². The number of fused-ring (bicyclic) bond motifs is 1. The average molecular weight is 383 g/mol. The van der Waals surface area contributed by atoms with E-state index in [2.05, 4.69) is 15.5 Å². The van der Waals surface area contributed by atoms with Crippen molar-refractivity contribution in [3.63, 3.8) is 0 Å². The van der Waals surface area contributed by atoms with Gasteiger partial charge in [0.05, 0.1) is 22.9 Å². The smallest absolute Gasteiger partial charge is 0.254 e. The molecule has 7 heteroatoms. The summed E-state index contributed by atoms with van der Waals surface area (Å²) >= 11 is 0. The molecule has 0 spiro atoms. The highest BCUT2D eigenvalue weighted by atomic mass is 19.1. The molecule has 1 aliphatic heterocycles. The Bertz CT molecular complexity index is 1040. The number of nitrogens with zero attached hydrogens (tertiary/aromatic N) is 1. The van der Waals surface area contributed by atoms with Gasteiger partial charge in [0.25, 0.3) is 5.91 Å². The Balaban J connectivity index is 1.57. The molecule has 1 fully saturated rings. The van der Waals surface area contributed by atoms with Crippen molar-refractivity contribution in [2.75, 3.05) is 13.2 Å². The van der Waals surface area contributed by atoms with Gasteiger partial charge in [-0.1, -0.05) is 18.2 Å². The highest BCUT2D eigenvalue weighted by Gasteiger charge is 2.19. The molecule has 1 amide bonds. The van der Waals surface area contributed by atoms with E-state index in [1.165, 1.54) is 24.3 Å². The number of carbonyl (C=O) groups excluding carboxylic acids is 1. The summed E-state index contributed by atoms with van der Waals surface area (Å²) in [4.78, 5) is 12.4. The number of halogens is 2. The molecule has 0 aliphatic carbocycles. The summed E-state index contributed by atoms with van der Waals surface area (Å²) < 4.78 is 33.2. The lowest BCUT2D eigenvalue weighted by atomic mass is 10.1. The molecule has 1 saturated heterocycles. The highest BCUT2D eigenvalue weighted by Crippen LogP contribution is 2.23. The molecule has 3 aromatic rings. The van der Waals surface area contributed by atoms with Crippen molar-refractivity contribution in [3.05, 3.63) is 64.9 Å². The first-order chi connectivity index (χ1) is 13.6. The van der Waals surface area contributed by atoms with Crippen molar-refractivity contribution in [2.24, 2.45) is 0 Å². The molecule has 1 aromatic heterocycles. The standard InChI is InChI=1S/C21H19F2N3O2/c22-14-4-1-3-13(9-14)6-7-19-17-10-16(18(23)11-20(17)26-25-19)21(27)24-12-15-5-2-8-28-15/h1,3-4,6-7,9-11,15H,2,5,8,12H2,(H,24,27)(H,25,26). The lowest BCUT2D eigenvalue weighted by Gasteiger charge is -2.11. The summed E-state index contributed by atoms with van der Waals surface area (Å²) in [7, 11) is 0. The number of aromatic nitrogens is 2. The van der Waals surface area contributed by atoms with Gasteiger partial charge < -0.3 is 10.1 Å². The molecule has 1 atom stereocenters. The number of H-pyrrole nitrogens is 1. The third kappa shape index (κ3) is 3.94. The van der Waals surface area contributed by atoms with E-state index >= 15 is 0 Å². The molecule has 0 saturated carbocycles. The molecular formula is C21H19F2N3O2. The van der Waals surface area contributed by atoms with Gasteiger partial charge in [-0.05, 0) is 42.7 Å². The molecule has 1 unspecified atom stereocenters. The Kier molecular flexibility index (Phi) is 5.16. The van der Waals surface area contributed by atoms with Gasteiger partial charge in [0.15, 0.2) is 0 Å². The van der Waals surface area contributed by atoms with Gasteiger partial charge in [0.2, 0.25) is 0 Å². The first-order valence-electron chi connectivity index (χ1n) is 9.11. The minimum Gasteiger partial charge on any atom is -0.376 e. The van der Waals surface area contributed by atoms with Crippen molar-refractivity contribution in [2.45, 2.75) is 18.9 Å².